The maximum absolute atomic E-state index is 14.6. The van der Waals surface area contributed by atoms with Crippen molar-refractivity contribution < 1.29 is 23.0 Å². The van der Waals surface area contributed by atoms with E-state index in [0.717, 1.165) is 6.07 Å². The molecule has 0 N–H and O–H groups in total. The molecule has 2 aromatic rings. The van der Waals surface area contributed by atoms with Crippen LogP contribution in [0.15, 0.2) is 30.9 Å². The van der Waals surface area contributed by atoms with E-state index in [9.17, 15) is 8.78 Å². The van der Waals surface area contributed by atoms with Gasteiger partial charge in [-0.2, -0.15) is 5.10 Å². The third-order valence-corrected chi connectivity index (χ3v) is 5.03. The van der Waals surface area contributed by atoms with Crippen LogP contribution >= 0.6 is 0 Å². The van der Waals surface area contributed by atoms with E-state index in [1.165, 1.54) is 18.5 Å². The van der Waals surface area contributed by atoms with Crippen LogP contribution in [0.1, 0.15) is 25.8 Å². The van der Waals surface area contributed by atoms with Crippen LogP contribution in [0.25, 0.3) is 0 Å². The highest BCUT2D eigenvalue weighted by atomic mass is 19.1. The summed E-state index contributed by atoms with van der Waals surface area (Å²) in [6, 6.07) is 3.57. The fourth-order valence-electron chi connectivity index (χ4n) is 3.81. The van der Waals surface area contributed by atoms with E-state index < -0.39 is 23.0 Å². The molecule has 3 atom stereocenters. The Balaban J connectivity index is 1.64. The van der Waals surface area contributed by atoms with Gasteiger partial charge in [0.1, 0.15) is 29.9 Å². The van der Waals surface area contributed by atoms with Gasteiger partial charge in [0.2, 0.25) is 0 Å². The van der Waals surface area contributed by atoms with Crippen LogP contribution in [0.5, 0.6) is 0 Å². The smallest absolute Gasteiger partial charge is 0.163 e. The second-order valence-corrected chi connectivity index (χ2v) is 7.35. The molecule has 2 fully saturated rings. The zero-order chi connectivity index (χ0) is 18.4. The molecule has 1 aromatic heterocycles. The highest BCUT2D eigenvalue weighted by Gasteiger charge is 2.49. The van der Waals surface area contributed by atoms with E-state index in [1.807, 2.05) is 13.8 Å². The zero-order valence-corrected chi connectivity index (χ0v) is 14.7. The third kappa shape index (κ3) is 3.24. The van der Waals surface area contributed by atoms with Crippen molar-refractivity contribution in [3.8, 4) is 0 Å². The molecule has 4 rings (SSSR count). The first kappa shape index (κ1) is 17.5. The summed E-state index contributed by atoms with van der Waals surface area (Å²) in [7, 11) is 0. The van der Waals surface area contributed by atoms with Gasteiger partial charge in [-0.1, -0.05) is 6.07 Å². The van der Waals surface area contributed by atoms with Gasteiger partial charge in [-0.3, -0.25) is 0 Å². The summed E-state index contributed by atoms with van der Waals surface area (Å²) in [5.74, 6) is -1.85. The summed E-state index contributed by atoms with van der Waals surface area (Å²) >= 11 is 0. The van der Waals surface area contributed by atoms with Gasteiger partial charge in [0, 0.05) is 17.5 Å². The summed E-state index contributed by atoms with van der Waals surface area (Å²) < 4.78 is 47.3. The molecule has 0 saturated carbocycles. The maximum atomic E-state index is 14.6. The van der Waals surface area contributed by atoms with Crippen molar-refractivity contribution in [2.75, 3.05) is 13.2 Å². The fraction of sp³-hybridized carbons (Fsp3) is 0.556. The van der Waals surface area contributed by atoms with Gasteiger partial charge in [0.05, 0.1) is 25.9 Å². The maximum Gasteiger partial charge on any atom is 0.163 e. The van der Waals surface area contributed by atoms with E-state index in [2.05, 4.69) is 10.1 Å². The first-order valence-electron chi connectivity index (χ1n) is 8.61. The van der Waals surface area contributed by atoms with Crippen molar-refractivity contribution in [3.63, 3.8) is 0 Å². The molecule has 2 saturated heterocycles. The van der Waals surface area contributed by atoms with Crippen LogP contribution in [0.2, 0.25) is 0 Å². The normalized spacial score (nSPS) is 30.8. The van der Waals surface area contributed by atoms with Crippen molar-refractivity contribution in [1.29, 1.82) is 0 Å². The van der Waals surface area contributed by atoms with Gasteiger partial charge in [0.15, 0.2) is 5.79 Å². The summed E-state index contributed by atoms with van der Waals surface area (Å²) in [6.07, 6.45) is 3.35. The average Bonchev–Trinajstić information content (AvgIpc) is 3.28. The van der Waals surface area contributed by atoms with Crippen LogP contribution in [0, 0.1) is 17.6 Å². The monoisotopic (exact) mass is 365 g/mol. The first-order valence-corrected chi connectivity index (χ1v) is 8.61. The van der Waals surface area contributed by atoms with Gasteiger partial charge >= 0.3 is 0 Å². The second kappa shape index (κ2) is 6.37. The predicted octanol–water partition coefficient (Wildman–Crippen LogP) is 2.64. The zero-order valence-electron chi connectivity index (χ0n) is 14.7. The topological polar surface area (TPSA) is 58.4 Å². The predicted molar refractivity (Wildman–Crippen MR) is 87.0 cm³/mol. The number of nitrogens with zero attached hydrogens (tertiary/aromatic N) is 3. The molecule has 1 aromatic carbocycles. The fourth-order valence-corrected chi connectivity index (χ4v) is 3.81. The van der Waals surface area contributed by atoms with Gasteiger partial charge in [0.25, 0.3) is 0 Å². The van der Waals surface area contributed by atoms with Crippen molar-refractivity contribution >= 4 is 0 Å². The standard InChI is InChI=1S/C18H21F2N3O3/c1-17(2)24-8-16(26-17)12-6-18(25-7-12,9-23-11-21-10-22-23)14-4-3-13(19)5-15(14)20/h3-5,10-12,16H,6-9H2,1-2H3/t12-,16?,18-/m0/s1. The Morgan fingerprint density at radius 1 is 1.23 bits per heavy atom. The molecule has 26 heavy (non-hydrogen) atoms. The number of hydrogen-bond acceptors (Lipinski definition) is 5. The van der Waals surface area contributed by atoms with Gasteiger partial charge in [-0.05, 0) is 26.3 Å². The van der Waals surface area contributed by atoms with Crippen molar-refractivity contribution in [3.05, 3.63) is 48.1 Å². The van der Waals surface area contributed by atoms with Crippen molar-refractivity contribution in [1.82, 2.24) is 14.8 Å². The Kier molecular flexibility index (Phi) is 4.29. The van der Waals surface area contributed by atoms with Gasteiger partial charge in [-0.15, -0.1) is 0 Å². The van der Waals surface area contributed by atoms with Crippen LogP contribution in [-0.2, 0) is 26.4 Å². The Hall–Kier alpha value is -1.90. The minimum Gasteiger partial charge on any atom is -0.368 e. The molecule has 0 bridgehead atoms. The Bertz CT molecular complexity index is 784. The van der Waals surface area contributed by atoms with E-state index in [-0.39, 0.29) is 18.6 Å². The second-order valence-electron chi connectivity index (χ2n) is 7.35. The van der Waals surface area contributed by atoms with Crippen molar-refractivity contribution in [2.45, 2.75) is 44.3 Å². The molecular weight excluding hydrogens is 344 g/mol. The minimum atomic E-state index is -0.966. The van der Waals surface area contributed by atoms with Crippen molar-refractivity contribution in [2.24, 2.45) is 5.92 Å². The van der Waals surface area contributed by atoms with Crippen LogP contribution < -0.4 is 0 Å². The number of hydrogen-bond donors (Lipinski definition) is 0. The van der Waals surface area contributed by atoms with Crippen LogP contribution in [-0.4, -0.2) is 39.9 Å². The summed E-state index contributed by atoms with van der Waals surface area (Å²) in [4.78, 5) is 3.94. The van der Waals surface area contributed by atoms with E-state index in [0.29, 0.717) is 25.2 Å². The molecule has 1 unspecified atom stereocenters. The molecule has 8 heteroatoms. The third-order valence-electron chi connectivity index (χ3n) is 5.03. The summed E-state index contributed by atoms with van der Waals surface area (Å²) in [5, 5.41) is 4.12. The number of rotatable bonds is 4. The molecule has 0 spiro atoms. The first-order chi connectivity index (χ1) is 12.4. The van der Waals surface area contributed by atoms with Crippen LogP contribution in [0.4, 0.5) is 8.78 Å². The lowest BCUT2D eigenvalue weighted by atomic mass is 9.85. The molecule has 0 radical (unpaired) electrons. The van der Waals surface area contributed by atoms with E-state index >= 15 is 0 Å². The molecule has 6 nitrogen and oxygen atoms in total. The molecule has 0 amide bonds. The summed E-state index contributed by atoms with van der Waals surface area (Å²) in [5.41, 5.74) is -0.651. The molecule has 3 heterocycles. The lowest BCUT2D eigenvalue weighted by molar-refractivity contribution is -0.144. The average molecular weight is 365 g/mol. The largest absolute Gasteiger partial charge is 0.368 e. The van der Waals surface area contributed by atoms with Gasteiger partial charge in [-0.25, -0.2) is 18.4 Å². The van der Waals surface area contributed by atoms with Crippen LogP contribution in [0.3, 0.4) is 0 Å². The minimum absolute atomic E-state index is 0.0322. The highest BCUT2D eigenvalue weighted by molar-refractivity contribution is 5.27. The lowest BCUT2D eigenvalue weighted by Crippen LogP contribution is -2.33. The quantitative estimate of drug-likeness (QED) is 0.834. The van der Waals surface area contributed by atoms with E-state index in [4.69, 9.17) is 14.2 Å². The molecule has 2 aliphatic rings. The Morgan fingerprint density at radius 3 is 2.73 bits per heavy atom. The summed E-state index contributed by atoms with van der Waals surface area (Å²) in [6.45, 7) is 4.88. The lowest BCUT2D eigenvalue weighted by Gasteiger charge is -2.30. The Morgan fingerprint density at radius 2 is 2.08 bits per heavy atom. The Labute approximate surface area is 150 Å². The van der Waals surface area contributed by atoms with E-state index in [1.54, 1.807) is 11.0 Å². The molecule has 0 aliphatic carbocycles. The SMILES string of the molecule is CC1(C)OCC([C@@H]2CO[C@@](Cn3cncn3)(c3ccc(F)cc3F)C2)O1. The molecule has 140 valence electrons. The number of aromatic nitrogens is 3. The number of halogens is 2. The highest BCUT2D eigenvalue weighted by Crippen LogP contribution is 2.44. The number of benzene rings is 1. The number of ether oxygens (including phenoxy) is 3. The molecule has 2 aliphatic heterocycles. The molecular formula is C18H21F2N3O3. The van der Waals surface area contributed by atoms with Gasteiger partial charge < -0.3 is 14.2 Å².